The Bertz CT molecular complexity index is 716. The van der Waals surface area contributed by atoms with Crippen molar-refractivity contribution in [2.24, 2.45) is 4.66 Å². The minimum Gasteiger partial charge on any atom is -0.329 e. The Morgan fingerprint density at radius 1 is 1.00 bits per heavy atom. The van der Waals surface area contributed by atoms with Crippen LogP contribution in [0.15, 0.2) is 47.1 Å². The first-order valence-electron chi connectivity index (χ1n) is 7.09. The molecule has 2 aromatic carbocycles. The summed E-state index contributed by atoms with van der Waals surface area (Å²) < 4.78 is 42.6. The molecule has 2 aromatic rings. The third-order valence-corrected chi connectivity index (χ3v) is 4.39. The molecule has 0 saturated heterocycles. The molecule has 0 saturated carbocycles. The van der Waals surface area contributed by atoms with Crippen LogP contribution in [0.25, 0.3) is 11.1 Å². The maximum Gasteiger partial charge on any atom is 0.416 e. The minimum atomic E-state index is -4.34. The van der Waals surface area contributed by atoms with E-state index in [1.54, 1.807) is 18.3 Å². The Morgan fingerprint density at radius 2 is 1.61 bits per heavy atom. The molecule has 0 unspecified atom stereocenters. The molecule has 23 heavy (non-hydrogen) atoms. The van der Waals surface area contributed by atoms with Crippen LogP contribution in [0.5, 0.6) is 0 Å². The predicted molar refractivity (Wildman–Crippen MR) is 92.8 cm³/mol. The molecule has 0 atom stereocenters. The molecule has 0 heterocycles. The Kier molecular flexibility index (Phi) is 5.01. The van der Waals surface area contributed by atoms with Crippen LogP contribution in [0.2, 0.25) is 24.7 Å². The maximum atomic E-state index is 12.7. The highest BCUT2D eigenvalue weighted by Crippen LogP contribution is 2.33. The minimum absolute atomic E-state index is 0.532. The normalized spacial score (nSPS) is 12.8. The average Bonchev–Trinajstić information content (AvgIpc) is 2.44. The van der Waals surface area contributed by atoms with Crippen molar-refractivity contribution < 1.29 is 13.2 Å². The highest BCUT2D eigenvalue weighted by molar-refractivity contribution is 6.75. The zero-order valence-electron chi connectivity index (χ0n) is 13.1. The van der Waals surface area contributed by atoms with E-state index >= 15 is 0 Å². The van der Waals surface area contributed by atoms with E-state index in [0.29, 0.717) is 10.6 Å². The molecule has 0 radical (unpaired) electrons. The van der Waals surface area contributed by atoms with Gasteiger partial charge < -0.3 is 4.66 Å². The van der Waals surface area contributed by atoms with E-state index in [9.17, 15) is 13.2 Å². The fourth-order valence-electron chi connectivity index (χ4n) is 2.02. The van der Waals surface area contributed by atoms with Gasteiger partial charge in [0.2, 0.25) is 0 Å². The van der Waals surface area contributed by atoms with Gasteiger partial charge in [0.1, 0.15) is 0 Å². The molecule has 122 valence electrons. The van der Waals surface area contributed by atoms with Gasteiger partial charge in [-0.15, -0.1) is 0 Å². The Morgan fingerprint density at radius 3 is 2.13 bits per heavy atom. The van der Waals surface area contributed by atoms with Gasteiger partial charge in [-0.25, -0.2) is 0 Å². The van der Waals surface area contributed by atoms with Gasteiger partial charge in [-0.05, 0) is 49.0 Å². The van der Waals surface area contributed by atoms with Crippen molar-refractivity contribution in [1.29, 1.82) is 0 Å². The highest BCUT2D eigenvalue weighted by atomic mass is 35.5. The maximum absolute atomic E-state index is 12.7. The Balaban J connectivity index is 2.48. The summed E-state index contributed by atoms with van der Waals surface area (Å²) in [6.07, 6.45) is -2.60. The topological polar surface area (TPSA) is 12.4 Å². The summed E-state index contributed by atoms with van der Waals surface area (Å²) in [5.74, 6) is 0. The molecular formula is C17H17ClF3NSi. The zero-order valence-corrected chi connectivity index (χ0v) is 14.8. The van der Waals surface area contributed by atoms with Crippen LogP contribution < -0.4 is 0 Å². The summed E-state index contributed by atoms with van der Waals surface area (Å²) in [5.41, 5.74) is 1.52. The van der Waals surface area contributed by atoms with E-state index in [4.69, 9.17) is 11.6 Å². The summed E-state index contributed by atoms with van der Waals surface area (Å²) in [5, 5.41) is 0.532. The third kappa shape index (κ3) is 4.69. The summed E-state index contributed by atoms with van der Waals surface area (Å²) in [6, 6.07) is 10.4. The van der Waals surface area contributed by atoms with Crippen LogP contribution in [0, 0.1) is 0 Å². The summed E-state index contributed by atoms with van der Waals surface area (Å²) in [4.78, 5) is 0. The molecule has 0 bridgehead atoms. The van der Waals surface area contributed by atoms with E-state index in [1.807, 2.05) is 6.07 Å². The van der Waals surface area contributed by atoms with Gasteiger partial charge in [0.15, 0.2) is 8.24 Å². The van der Waals surface area contributed by atoms with Crippen molar-refractivity contribution in [1.82, 2.24) is 0 Å². The smallest absolute Gasteiger partial charge is 0.329 e. The molecule has 6 heteroatoms. The van der Waals surface area contributed by atoms with Crippen LogP contribution in [0.3, 0.4) is 0 Å². The first-order chi connectivity index (χ1) is 10.6. The number of nitrogens with zero attached hydrogens (tertiary/aromatic N) is 1. The second-order valence-electron chi connectivity index (χ2n) is 6.21. The first-order valence-corrected chi connectivity index (χ1v) is 10.9. The largest absolute Gasteiger partial charge is 0.416 e. The fraction of sp³-hybridized carbons (Fsp3) is 0.235. The Hall–Kier alpha value is -1.59. The van der Waals surface area contributed by atoms with E-state index in [1.165, 1.54) is 12.1 Å². The van der Waals surface area contributed by atoms with Crippen molar-refractivity contribution in [3.05, 3.63) is 58.6 Å². The number of hydrogen-bond acceptors (Lipinski definition) is 1. The molecule has 1 nitrogen and oxygen atoms in total. The van der Waals surface area contributed by atoms with Gasteiger partial charge >= 0.3 is 6.18 Å². The number of rotatable bonds is 3. The van der Waals surface area contributed by atoms with E-state index in [0.717, 1.165) is 23.3 Å². The van der Waals surface area contributed by atoms with E-state index < -0.39 is 20.0 Å². The quantitative estimate of drug-likeness (QED) is 0.454. The molecule has 0 N–H and O–H groups in total. The molecule has 0 fully saturated rings. The van der Waals surface area contributed by atoms with Crippen LogP contribution in [-0.2, 0) is 6.18 Å². The van der Waals surface area contributed by atoms with Crippen molar-refractivity contribution in [2.45, 2.75) is 25.8 Å². The van der Waals surface area contributed by atoms with Crippen molar-refractivity contribution in [3.63, 3.8) is 0 Å². The monoisotopic (exact) mass is 355 g/mol. The van der Waals surface area contributed by atoms with Gasteiger partial charge in [-0.2, -0.15) is 13.2 Å². The number of alkyl halides is 3. The summed E-state index contributed by atoms with van der Waals surface area (Å²) >= 11 is 6.26. The lowest BCUT2D eigenvalue weighted by Gasteiger charge is -2.12. The molecule has 0 aliphatic rings. The van der Waals surface area contributed by atoms with E-state index in [-0.39, 0.29) is 0 Å². The Labute approximate surface area is 139 Å². The molecular weight excluding hydrogens is 339 g/mol. The summed E-state index contributed by atoms with van der Waals surface area (Å²) in [7, 11) is -1.66. The van der Waals surface area contributed by atoms with Gasteiger partial charge in [0.05, 0.1) is 5.56 Å². The zero-order chi connectivity index (χ0) is 17.3. The SMILES string of the molecule is C[Si](C)(C)/N=C/c1c(Cl)cccc1-c1ccc(C(F)(F)F)cc1. The van der Waals surface area contributed by atoms with Gasteiger partial charge in [0.25, 0.3) is 0 Å². The fourth-order valence-corrected chi connectivity index (χ4v) is 2.76. The lowest BCUT2D eigenvalue weighted by Crippen LogP contribution is -2.16. The third-order valence-electron chi connectivity index (χ3n) is 3.16. The predicted octanol–water partition coefficient (Wildman–Crippen LogP) is 6.28. The van der Waals surface area contributed by atoms with Crippen LogP contribution in [0.4, 0.5) is 13.2 Å². The molecule has 2 rings (SSSR count). The molecule has 0 spiro atoms. The second kappa shape index (κ2) is 6.49. The van der Waals surface area contributed by atoms with Crippen molar-refractivity contribution in [3.8, 4) is 11.1 Å². The lowest BCUT2D eigenvalue weighted by molar-refractivity contribution is -0.137. The highest BCUT2D eigenvalue weighted by Gasteiger charge is 2.30. The van der Waals surface area contributed by atoms with Gasteiger partial charge in [-0.3, -0.25) is 0 Å². The first kappa shape index (κ1) is 17.8. The van der Waals surface area contributed by atoms with Gasteiger partial charge in [-0.1, -0.05) is 35.9 Å². The molecule has 0 aliphatic carbocycles. The molecule has 0 amide bonds. The van der Waals surface area contributed by atoms with Crippen molar-refractivity contribution in [2.75, 3.05) is 0 Å². The van der Waals surface area contributed by atoms with E-state index in [2.05, 4.69) is 24.3 Å². The molecule has 0 aliphatic heterocycles. The standard InChI is InChI=1S/C17H17ClF3NSi/c1-23(2,3)22-11-15-14(5-4-6-16(15)18)12-7-9-13(10-8-12)17(19,20)21/h4-11H,1-3H3/b22-11+. The average molecular weight is 356 g/mol. The number of halogens is 4. The second-order valence-corrected chi connectivity index (χ2v) is 11.2. The number of hydrogen-bond donors (Lipinski definition) is 0. The van der Waals surface area contributed by atoms with Crippen LogP contribution >= 0.6 is 11.6 Å². The van der Waals surface area contributed by atoms with Crippen molar-refractivity contribution >= 4 is 26.1 Å². The van der Waals surface area contributed by atoms with Crippen LogP contribution in [0.1, 0.15) is 11.1 Å². The van der Waals surface area contributed by atoms with Crippen LogP contribution in [-0.4, -0.2) is 14.5 Å². The van der Waals surface area contributed by atoms with Gasteiger partial charge in [0, 0.05) is 16.8 Å². The number of benzene rings is 2. The lowest BCUT2D eigenvalue weighted by atomic mass is 9.99. The molecule has 0 aromatic heterocycles. The summed E-state index contributed by atoms with van der Waals surface area (Å²) in [6.45, 7) is 6.29.